The first-order valence-electron chi connectivity index (χ1n) is 4.82. The van der Waals surface area contributed by atoms with Gasteiger partial charge in [-0.1, -0.05) is 45.2 Å². The summed E-state index contributed by atoms with van der Waals surface area (Å²) < 4.78 is 0.407. The minimum atomic E-state index is 0.407. The molecule has 0 saturated heterocycles. The zero-order valence-corrected chi connectivity index (χ0v) is 11.1. The summed E-state index contributed by atoms with van der Waals surface area (Å²) in [4.78, 5) is 0. The molecule has 2 heteroatoms. The van der Waals surface area contributed by atoms with Gasteiger partial charge in [0.2, 0.25) is 0 Å². The van der Waals surface area contributed by atoms with E-state index in [9.17, 15) is 0 Å². The van der Waals surface area contributed by atoms with Crippen LogP contribution in [0.4, 0.5) is 0 Å². The summed E-state index contributed by atoms with van der Waals surface area (Å²) in [5.41, 5.74) is 0. The van der Waals surface area contributed by atoms with Crippen molar-refractivity contribution in [3.63, 3.8) is 0 Å². The van der Waals surface area contributed by atoms with Gasteiger partial charge in [0.15, 0.2) is 0 Å². The van der Waals surface area contributed by atoms with E-state index in [0.29, 0.717) is 4.32 Å². The van der Waals surface area contributed by atoms with Gasteiger partial charge in [-0.25, -0.2) is 0 Å². The van der Waals surface area contributed by atoms with Crippen LogP contribution in [0.15, 0.2) is 0 Å². The molecule has 0 aromatic carbocycles. The third-order valence-electron chi connectivity index (χ3n) is 2.89. The highest BCUT2D eigenvalue weighted by molar-refractivity contribution is 9.10. The van der Waals surface area contributed by atoms with E-state index in [0.717, 1.165) is 11.8 Å². The predicted octanol–water partition coefficient (Wildman–Crippen LogP) is 4.36. The maximum absolute atomic E-state index is 3.83. The summed E-state index contributed by atoms with van der Waals surface area (Å²) >= 11 is 7.43. The Balaban J connectivity index is 2.53. The summed E-state index contributed by atoms with van der Waals surface area (Å²) in [6.07, 6.45) is 5.44. The lowest BCUT2D eigenvalue weighted by molar-refractivity contribution is 0.245. The number of rotatable bonds is 2. The monoisotopic (exact) mass is 296 g/mol. The molecule has 72 valence electrons. The van der Waals surface area contributed by atoms with Crippen molar-refractivity contribution in [2.45, 2.75) is 43.9 Å². The highest BCUT2D eigenvalue weighted by Crippen LogP contribution is 2.43. The lowest BCUT2D eigenvalue weighted by atomic mass is 9.75. The van der Waals surface area contributed by atoms with Crippen LogP contribution in [0.3, 0.4) is 0 Å². The predicted molar refractivity (Wildman–Crippen MR) is 62.2 cm³/mol. The topological polar surface area (TPSA) is 0 Å². The Morgan fingerprint density at radius 1 is 1.33 bits per heavy atom. The molecule has 1 rings (SSSR count). The molecule has 0 aromatic heterocycles. The summed E-state index contributed by atoms with van der Waals surface area (Å²) in [6.45, 7) is 4.65. The normalized spacial score (nSPS) is 43.0. The molecule has 0 radical (unpaired) electrons. The average molecular weight is 298 g/mol. The Bertz CT molecular complexity index is 129. The van der Waals surface area contributed by atoms with Gasteiger partial charge in [0.05, 0.1) is 0 Å². The van der Waals surface area contributed by atoms with Crippen molar-refractivity contribution in [2.75, 3.05) is 5.33 Å². The summed E-state index contributed by atoms with van der Waals surface area (Å²) in [5.74, 6) is 1.82. The van der Waals surface area contributed by atoms with Gasteiger partial charge in [-0.2, -0.15) is 0 Å². The third-order valence-corrected chi connectivity index (χ3v) is 4.45. The quantitative estimate of drug-likeness (QED) is 0.664. The van der Waals surface area contributed by atoms with E-state index in [1.807, 2.05) is 0 Å². The second kappa shape index (κ2) is 4.45. The molecule has 0 amide bonds. The van der Waals surface area contributed by atoms with Gasteiger partial charge in [0.1, 0.15) is 0 Å². The molecule has 0 heterocycles. The fourth-order valence-electron chi connectivity index (χ4n) is 2.35. The lowest BCUT2D eigenvalue weighted by Crippen LogP contribution is -2.31. The summed E-state index contributed by atoms with van der Waals surface area (Å²) in [5, 5.41) is 1.17. The van der Waals surface area contributed by atoms with Crippen LogP contribution in [0.5, 0.6) is 0 Å². The number of halogens is 2. The van der Waals surface area contributed by atoms with Gasteiger partial charge in [0, 0.05) is 9.65 Å². The molecule has 0 spiro atoms. The molecule has 3 atom stereocenters. The minimum Gasteiger partial charge on any atom is -0.0925 e. The highest BCUT2D eigenvalue weighted by atomic mass is 79.9. The van der Waals surface area contributed by atoms with Gasteiger partial charge < -0.3 is 0 Å². The lowest BCUT2D eigenvalue weighted by Gasteiger charge is -2.38. The second-order valence-corrected chi connectivity index (χ2v) is 6.91. The second-order valence-electron chi connectivity index (χ2n) is 4.35. The molecule has 1 aliphatic carbocycles. The molecule has 1 aliphatic rings. The van der Waals surface area contributed by atoms with Crippen LogP contribution in [0.25, 0.3) is 0 Å². The maximum Gasteiger partial charge on any atom is 0.0235 e. The average Bonchev–Trinajstić information content (AvgIpc) is 2.01. The van der Waals surface area contributed by atoms with Gasteiger partial charge in [0.25, 0.3) is 0 Å². The first-order valence-corrected chi connectivity index (χ1v) is 6.73. The van der Waals surface area contributed by atoms with Crippen molar-refractivity contribution in [1.29, 1.82) is 0 Å². The van der Waals surface area contributed by atoms with Crippen molar-refractivity contribution in [2.24, 2.45) is 11.8 Å². The smallest absolute Gasteiger partial charge is 0.0235 e. The molecule has 1 saturated carbocycles. The van der Waals surface area contributed by atoms with E-state index in [1.165, 1.54) is 31.0 Å². The van der Waals surface area contributed by atoms with Crippen LogP contribution >= 0.6 is 31.9 Å². The van der Waals surface area contributed by atoms with Crippen molar-refractivity contribution in [3.8, 4) is 0 Å². The van der Waals surface area contributed by atoms with Crippen molar-refractivity contribution in [3.05, 3.63) is 0 Å². The molecule has 1 fully saturated rings. The Morgan fingerprint density at radius 2 is 1.92 bits per heavy atom. The fraction of sp³-hybridized carbons (Fsp3) is 1.00. The molecular weight excluding hydrogens is 280 g/mol. The van der Waals surface area contributed by atoms with E-state index < -0.39 is 0 Å². The van der Waals surface area contributed by atoms with Crippen molar-refractivity contribution < 1.29 is 0 Å². The molecule has 12 heavy (non-hydrogen) atoms. The molecule has 0 aromatic rings. The maximum atomic E-state index is 3.83. The van der Waals surface area contributed by atoms with Gasteiger partial charge in [-0.05, 0) is 38.0 Å². The zero-order chi connectivity index (χ0) is 9.19. The minimum absolute atomic E-state index is 0.407. The third kappa shape index (κ3) is 3.02. The summed E-state index contributed by atoms with van der Waals surface area (Å²) in [6, 6.07) is 0. The standard InChI is InChI=1S/C10H18Br2/c1-3-8-4-9(7-11)6-10(2,12)5-8/h8-9H,3-7H2,1-2H3. The molecule has 0 N–H and O–H groups in total. The van der Waals surface area contributed by atoms with E-state index in [4.69, 9.17) is 0 Å². The van der Waals surface area contributed by atoms with Crippen LogP contribution in [0.2, 0.25) is 0 Å². The van der Waals surface area contributed by atoms with Crippen LogP contribution in [0.1, 0.15) is 39.5 Å². The number of alkyl halides is 2. The van der Waals surface area contributed by atoms with Gasteiger partial charge in [-0.3, -0.25) is 0 Å². The molecule has 0 aliphatic heterocycles. The van der Waals surface area contributed by atoms with Gasteiger partial charge in [-0.15, -0.1) is 0 Å². The van der Waals surface area contributed by atoms with E-state index in [1.54, 1.807) is 0 Å². The Morgan fingerprint density at radius 3 is 2.42 bits per heavy atom. The van der Waals surface area contributed by atoms with Crippen LogP contribution in [-0.4, -0.2) is 9.65 Å². The van der Waals surface area contributed by atoms with E-state index in [2.05, 4.69) is 45.7 Å². The van der Waals surface area contributed by atoms with Crippen molar-refractivity contribution >= 4 is 31.9 Å². The van der Waals surface area contributed by atoms with Gasteiger partial charge >= 0.3 is 0 Å². The zero-order valence-electron chi connectivity index (χ0n) is 7.95. The summed E-state index contributed by atoms with van der Waals surface area (Å²) in [7, 11) is 0. The first-order chi connectivity index (χ1) is 5.57. The molecular formula is C10H18Br2. The van der Waals surface area contributed by atoms with E-state index >= 15 is 0 Å². The van der Waals surface area contributed by atoms with E-state index in [-0.39, 0.29) is 0 Å². The first kappa shape index (κ1) is 11.0. The Hall–Kier alpha value is 0.960. The Labute approximate surface area is 92.8 Å². The van der Waals surface area contributed by atoms with Crippen LogP contribution in [-0.2, 0) is 0 Å². The van der Waals surface area contributed by atoms with Crippen molar-refractivity contribution in [1.82, 2.24) is 0 Å². The highest BCUT2D eigenvalue weighted by Gasteiger charge is 2.33. The molecule has 0 bridgehead atoms. The number of hydrogen-bond acceptors (Lipinski definition) is 0. The van der Waals surface area contributed by atoms with Crippen LogP contribution in [0, 0.1) is 11.8 Å². The Kier molecular flexibility index (Phi) is 4.10. The number of hydrogen-bond donors (Lipinski definition) is 0. The molecule has 0 nitrogen and oxygen atoms in total. The van der Waals surface area contributed by atoms with Crippen LogP contribution < -0.4 is 0 Å². The SMILES string of the molecule is CCC1CC(CBr)CC(C)(Br)C1. The fourth-order valence-corrected chi connectivity index (χ4v) is 3.76. The largest absolute Gasteiger partial charge is 0.0925 e. The molecule has 3 unspecified atom stereocenters.